The smallest absolute Gasteiger partial charge is 0.126 e. The van der Waals surface area contributed by atoms with Crippen molar-refractivity contribution in [1.82, 2.24) is 4.90 Å². The lowest BCUT2D eigenvalue weighted by molar-refractivity contribution is 0.117. The van der Waals surface area contributed by atoms with Crippen molar-refractivity contribution in [3.63, 3.8) is 0 Å². The van der Waals surface area contributed by atoms with Gasteiger partial charge in [-0.25, -0.2) is 0 Å². The Morgan fingerprint density at radius 2 is 1.90 bits per heavy atom. The first-order valence-corrected chi connectivity index (χ1v) is 8.41. The SMILES string of the molecule is CCCOc1cccc2c1CC(N(CCC)CCC)CO2. The Balaban J connectivity index is 2.13. The standard InChI is InChI=1S/C18H29NO2/c1-4-10-19(11-5-2)15-13-16-17(20-12-6-3)8-7-9-18(16)21-14-15/h7-9,15H,4-6,10-14H2,1-3H3. The highest BCUT2D eigenvalue weighted by molar-refractivity contribution is 5.46. The predicted molar refractivity (Wildman–Crippen MR) is 87.4 cm³/mol. The molecule has 0 N–H and O–H groups in total. The van der Waals surface area contributed by atoms with Crippen LogP contribution in [0.15, 0.2) is 18.2 Å². The van der Waals surface area contributed by atoms with Crippen LogP contribution in [-0.2, 0) is 6.42 Å². The van der Waals surface area contributed by atoms with Gasteiger partial charge in [-0.2, -0.15) is 0 Å². The third kappa shape index (κ3) is 4.13. The minimum absolute atomic E-state index is 0.476. The maximum atomic E-state index is 6.01. The molecule has 0 aromatic heterocycles. The lowest BCUT2D eigenvalue weighted by Gasteiger charge is -2.35. The molecule has 1 aromatic carbocycles. The summed E-state index contributed by atoms with van der Waals surface area (Å²) in [6.07, 6.45) is 4.45. The maximum absolute atomic E-state index is 6.01. The van der Waals surface area contributed by atoms with Crippen LogP contribution >= 0.6 is 0 Å². The highest BCUT2D eigenvalue weighted by Gasteiger charge is 2.26. The molecule has 3 nitrogen and oxygen atoms in total. The van der Waals surface area contributed by atoms with E-state index >= 15 is 0 Å². The summed E-state index contributed by atoms with van der Waals surface area (Å²) in [7, 11) is 0. The number of nitrogens with zero attached hydrogens (tertiary/aromatic N) is 1. The van der Waals surface area contributed by atoms with E-state index in [4.69, 9.17) is 9.47 Å². The molecule has 2 rings (SSSR count). The minimum Gasteiger partial charge on any atom is -0.493 e. The molecule has 1 aliphatic rings. The van der Waals surface area contributed by atoms with Gasteiger partial charge in [0.2, 0.25) is 0 Å². The van der Waals surface area contributed by atoms with Crippen molar-refractivity contribution in [2.24, 2.45) is 0 Å². The van der Waals surface area contributed by atoms with Gasteiger partial charge in [-0.1, -0.05) is 26.8 Å². The van der Waals surface area contributed by atoms with Gasteiger partial charge in [-0.15, -0.1) is 0 Å². The molecule has 0 fully saturated rings. The number of rotatable bonds is 8. The average molecular weight is 291 g/mol. The highest BCUT2D eigenvalue weighted by Crippen LogP contribution is 2.34. The first kappa shape index (κ1) is 16.2. The van der Waals surface area contributed by atoms with Gasteiger partial charge < -0.3 is 9.47 Å². The van der Waals surface area contributed by atoms with Crippen molar-refractivity contribution < 1.29 is 9.47 Å². The van der Waals surface area contributed by atoms with Gasteiger partial charge in [0, 0.05) is 11.6 Å². The van der Waals surface area contributed by atoms with Gasteiger partial charge in [0.1, 0.15) is 18.1 Å². The van der Waals surface area contributed by atoms with Crippen molar-refractivity contribution in [3.8, 4) is 11.5 Å². The lowest BCUT2D eigenvalue weighted by Crippen LogP contribution is -2.44. The summed E-state index contributed by atoms with van der Waals surface area (Å²) in [5.74, 6) is 2.01. The molecule has 0 saturated heterocycles. The molecule has 1 aliphatic heterocycles. The van der Waals surface area contributed by atoms with Crippen LogP contribution in [0.25, 0.3) is 0 Å². The van der Waals surface area contributed by atoms with Gasteiger partial charge in [0.25, 0.3) is 0 Å². The summed E-state index contributed by atoms with van der Waals surface area (Å²) in [5, 5.41) is 0. The second-order valence-electron chi connectivity index (χ2n) is 5.79. The zero-order valence-corrected chi connectivity index (χ0v) is 13.7. The van der Waals surface area contributed by atoms with Gasteiger partial charge in [0.05, 0.1) is 6.61 Å². The molecular weight excluding hydrogens is 262 g/mol. The quantitative estimate of drug-likeness (QED) is 0.725. The van der Waals surface area contributed by atoms with Gasteiger partial charge in [0.15, 0.2) is 0 Å². The van der Waals surface area contributed by atoms with E-state index in [0.29, 0.717) is 6.04 Å². The van der Waals surface area contributed by atoms with Crippen molar-refractivity contribution in [2.75, 3.05) is 26.3 Å². The number of hydrogen-bond acceptors (Lipinski definition) is 3. The molecule has 21 heavy (non-hydrogen) atoms. The topological polar surface area (TPSA) is 21.7 Å². The summed E-state index contributed by atoms with van der Waals surface area (Å²) < 4.78 is 11.9. The number of fused-ring (bicyclic) bond motifs is 1. The Bertz CT molecular complexity index is 427. The molecule has 1 atom stereocenters. The molecular formula is C18H29NO2. The average Bonchev–Trinajstić information content (AvgIpc) is 2.52. The summed E-state index contributed by atoms with van der Waals surface area (Å²) in [6.45, 7) is 10.5. The second-order valence-corrected chi connectivity index (χ2v) is 5.79. The van der Waals surface area contributed by atoms with E-state index in [-0.39, 0.29) is 0 Å². The van der Waals surface area contributed by atoms with E-state index in [2.05, 4.69) is 37.8 Å². The van der Waals surface area contributed by atoms with E-state index in [1.54, 1.807) is 0 Å². The minimum atomic E-state index is 0.476. The highest BCUT2D eigenvalue weighted by atomic mass is 16.5. The van der Waals surface area contributed by atoms with Crippen LogP contribution in [0.3, 0.4) is 0 Å². The third-order valence-corrected chi connectivity index (χ3v) is 3.96. The molecule has 0 spiro atoms. The van der Waals surface area contributed by atoms with Crippen LogP contribution in [0.2, 0.25) is 0 Å². The van der Waals surface area contributed by atoms with Crippen molar-refractivity contribution in [3.05, 3.63) is 23.8 Å². The first-order chi connectivity index (χ1) is 10.3. The molecule has 0 radical (unpaired) electrons. The van der Waals surface area contributed by atoms with Crippen molar-refractivity contribution in [2.45, 2.75) is 52.5 Å². The predicted octanol–water partition coefficient (Wildman–Crippen LogP) is 3.90. The number of hydrogen-bond donors (Lipinski definition) is 0. The van der Waals surface area contributed by atoms with E-state index in [9.17, 15) is 0 Å². The normalized spacial score (nSPS) is 17.4. The van der Waals surface area contributed by atoms with Crippen LogP contribution in [0.5, 0.6) is 11.5 Å². The van der Waals surface area contributed by atoms with E-state index < -0.39 is 0 Å². The first-order valence-electron chi connectivity index (χ1n) is 8.41. The molecule has 0 aliphatic carbocycles. The fourth-order valence-electron chi connectivity index (χ4n) is 3.00. The zero-order valence-electron chi connectivity index (χ0n) is 13.7. The summed E-state index contributed by atoms with van der Waals surface area (Å²) in [4.78, 5) is 2.57. The van der Waals surface area contributed by atoms with E-state index in [1.807, 2.05) is 6.07 Å². The number of ether oxygens (including phenoxy) is 2. The Morgan fingerprint density at radius 3 is 2.57 bits per heavy atom. The zero-order chi connectivity index (χ0) is 15.1. The third-order valence-electron chi connectivity index (χ3n) is 3.96. The van der Waals surface area contributed by atoms with Crippen LogP contribution < -0.4 is 9.47 Å². The van der Waals surface area contributed by atoms with Crippen LogP contribution in [0, 0.1) is 0 Å². The van der Waals surface area contributed by atoms with Crippen LogP contribution in [0.1, 0.15) is 45.6 Å². The van der Waals surface area contributed by atoms with E-state index in [0.717, 1.165) is 50.6 Å². The Labute approximate surface area is 129 Å². The maximum Gasteiger partial charge on any atom is 0.126 e. The Morgan fingerprint density at radius 1 is 1.14 bits per heavy atom. The molecule has 0 amide bonds. The molecule has 118 valence electrons. The number of benzene rings is 1. The van der Waals surface area contributed by atoms with Gasteiger partial charge in [-0.3, -0.25) is 4.90 Å². The van der Waals surface area contributed by atoms with Crippen LogP contribution in [0.4, 0.5) is 0 Å². The Kier molecular flexibility index (Phi) is 6.37. The van der Waals surface area contributed by atoms with Gasteiger partial charge >= 0.3 is 0 Å². The lowest BCUT2D eigenvalue weighted by atomic mass is 10.00. The fourth-order valence-corrected chi connectivity index (χ4v) is 3.00. The second kappa shape index (κ2) is 8.28. The molecule has 0 saturated carbocycles. The van der Waals surface area contributed by atoms with Crippen molar-refractivity contribution >= 4 is 0 Å². The summed E-state index contributed by atoms with van der Waals surface area (Å²) in [5.41, 5.74) is 1.25. The fraction of sp³-hybridized carbons (Fsp3) is 0.667. The largest absolute Gasteiger partial charge is 0.493 e. The summed E-state index contributed by atoms with van der Waals surface area (Å²) in [6, 6.07) is 6.64. The van der Waals surface area contributed by atoms with Gasteiger partial charge in [-0.05, 0) is 50.9 Å². The molecule has 1 heterocycles. The Hall–Kier alpha value is -1.22. The van der Waals surface area contributed by atoms with Crippen molar-refractivity contribution in [1.29, 1.82) is 0 Å². The summed E-state index contributed by atoms with van der Waals surface area (Å²) >= 11 is 0. The van der Waals surface area contributed by atoms with E-state index in [1.165, 1.54) is 18.4 Å². The van der Waals surface area contributed by atoms with Crippen LogP contribution in [-0.4, -0.2) is 37.2 Å². The molecule has 3 heteroatoms. The molecule has 1 aromatic rings. The molecule has 1 unspecified atom stereocenters. The molecule has 0 bridgehead atoms. The monoisotopic (exact) mass is 291 g/mol.